The van der Waals surface area contributed by atoms with Crippen molar-refractivity contribution in [2.75, 3.05) is 11.4 Å². The van der Waals surface area contributed by atoms with Crippen molar-refractivity contribution in [2.24, 2.45) is 0 Å². The van der Waals surface area contributed by atoms with Crippen molar-refractivity contribution < 1.29 is 9.59 Å². The lowest BCUT2D eigenvalue weighted by Gasteiger charge is -2.16. The summed E-state index contributed by atoms with van der Waals surface area (Å²) in [6.07, 6.45) is 0.340. The van der Waals surface area contributed by atoms with Gasteiger partial charge in [0, 0.05) is 18.7 Å². The third-order valence-corrected chi connectivity index (χ3v) is 2.45. The number of nitrogens with zero attached hydrogens (tertiary/aromatic N) is 1. The molecule has 3 heteroatoms. The minimum absolute atomic E-state index is 0.284. The van der Waals surface area contributed by atoms with Crippen LogP contribution in [0.1, 0.15) is 12.0 Å². The van der Waals surface area contributed by atoms with Gasteiger partial charge in [-0.25, -0.2) is 0 Å². The van der Waals surface area contributed by atoms with Crippen LogP contribution in [0, 0.1) is 6.92 Å². The third-order valence-electron chi connectivity index (χ3n) is 2.45. The highest BCUT2D eigenvalue weighted by Crippen LogP contribution is 2.22. The summed E-state index contributed by atoms with van der Waals surface area (Å²) in [5, 5.41) is 0. The van der Waals surface area contributed by atoms with Gasteiger partial charge in [-0.05, 0) is 18.6 Å². The Labute approximate surface area is 82.3 Å². The quantitative estimate of drug-likeness (QED) is 0.624. The molecule has 1 aromatic rings. The first kappa shape index (κ1) is 8.94. The second-order valence-electron chi connectivity index (χ2n) is 3.42. The first-order valence-electron chi connectivity index (χ1n) is 4.60. The van der Waals surface area contributed by atoms with Crippen LogP contribution in [0.2, 0.25) is 0 Å². The number of Topliss-reactive ketones (excluding diaryl/α,β-unsaturated/α-hetero) is 1. The summed E-state index contributed by atoms with van der Waals surface area (Å²) in [5.74, 6) is -0.660. The van der Waals surface area contributed by atoms with Crippen molar-refractivity contribution in [3.63, 3.8) is 0 Å². The van der Waals surface area contributed by atoms with Crippen molar-refractivity contribution in [2.45, 2.75) is 13.3 Å². The number of aryl methyl sites for hydroxylation is 1. The van der Waals surface area contributed by atoms with Gasteiger partial charge in [-0.2, -0.15) is 0 Å². The van der Waals surface area contributed by atoms with Gasteiger partial charge in [0.2, 0.25) is 5.78 Å². The van der Waals surface area contributed by atoms with Gasteiger partial charge in [-0.15, -0.1) is 0 Å². The van der Waals surface area contributed by atoms with E-state index in [4.69, 9.17) is 0 Å². The van der Waals surface area contributed by atoms with Gasteiger partial charge in [0.25, 0.3) is 5.91 Å². The molecular formula is C11H11NO2. The maximum atomic E-state index is 11.4. The van der Waals surface area contributed by atoms with Crippen LogP contribution < -0.4 is 4.90 Å². The fraction of sp³-hybridized carbons (Fsp3) is 0.273. The minimum Gasteiger partial charge on any atom is -0.305 e. The van der Waals surface area contributed by atoms with E-state index in [9.17, 15) is 9.59 Å². The summed E-state index contributed by atoms with van der Waals surface area (Å²) in [7, 11) is 0. The molecule has 1 amide bonds. The van der Waals surface area contributed by atoms with Gasteiger partial charge in [0.15, 0.2) is 0 Å². The van der Waals surface area contributed by atoms with Crippen LogP contribution in [-0.4, -0.2) is 18.2 Å². The van der Waals surface area contributed by atoms with E-state index in [0.717, 1.165) is 11.3 Å². The Morgan fingerprint density at radius 3 is 2.50 bits per heavy atom. The van der Waals surface area contributed by atoms with Crippen LogP contribution in [0.5, 0.6) is 0 Å². The second-order valence-corrected chi connectivity index (χ2v) is 3.42. The summed E-state index contributed by atoms with van der Waals surface area (Å²) >= 11 is 0. The predicted octanol–water partition coefficient (Wildman–Crippen LogP) is 1.30. The maximum Gasteiger partial charge on any atom is 0.294 e. The number of anilines is 1. The smallest absolute Gasteiger partial charge is 0.294 e. The van der Waals surface area contributed by atoms with Gasteiger partial charge in [-0.1, -0.05) is 18.2 Å². The summed E-state index contributed by atoms with van der Waals surface area (Å²) in [5.41, 5.74) is 1.87. The van der Waals surface area contributed by atoms with E-state index in [-0.39, 0.29) is 11.7 Å². The summed E-state index contributed by atoms with van der Waals surface area (Å²) < 4.78 is 0. The average Bonchev–Trinajstić information content (AvgIpc) is 2.49. The van der Waals surface area contributed by atoms with Crippen LogP contribution in [0.3, 0.4) is 0 Å². The molecule has 0 N–H and O–H groups in total. The highest BCUT2D eigenvalue weighted by molar-refractivity contribution is 6.43. The number of hydrogen-bond acceptors (Lipinski definition) is 2. The number of hydrogen-bond donors (Lipinski definition) is 0. The van der Waals surface area contributed by atoms with Crippen molar-refractivity contribution in [1.82, 2.24) is 0 Å². The van der Waals surface area contributed by atoms with E-state index in [2.05, 4.69) is 0 Å². The van der Waals surface area contributed by atoms with E-state index in [1.54, 1.807) is 4.90 Å². The Morgan fingerprint density at radius 1 is 1.21 bits per heavy atom. The Hall–Kier alpha value is -1.64. The van der Waals surface area contributed by atoms with Gasteiger partial charge in [0.05, 0.1) is 0 Å². The predicted molar refractivity (Wildman–Crippen MR) is 53.2 cm³/mol. The molecule has 3 nitrogen and oxygen atoms in total. The largest absolute Gasteiger partial charge is 0.305 e. The molecule has 1 aromatic carbocycles. The molecule has 0 atom stereocenters. The zero-order chi connectivity index (χ0) is 10.1. The fourth-order valence-corrected chi connectivity index (χ4v) is 1.67. The zero-order valence-electron chi connectivity index (χ0n) is 7.99. The van der Waals surface area contributed by atoms with Crippen molar-refractivity contribution in [3.8, 4) is 0 Å². The van der Waals surface area contributed by atoms with E-state index in [1.807, 2.05) is 31.2 Å². The van der Waals surface area contributed by atoms with E-state index < -0.39 is 0 Å². The molecule has 2 rings (SSSR count). The summed E-state index contributed by atoms with van der Waals surface area (Å²) in [4.78, 5) is 24.1. The summed E-state index contributed by atoms with van der Waals surface area (Å²) in [6, 6.07) is 7.59. The van der Waals surface area contributed by atoms with Gasteiger partial charge in [-0.3, -0.25) is 9.59 Å². The monoisotopic (exact) mass is 189 g/mol. The first-order chi connectivity index (χ1) is 6.70. The fourth-order valence-electron chi connectivity index (χ4n) is 1.67. The average molecular weight is 189 g/mol. The molecule has 0 aliphatic carbocycles. The molecule has 0 radical (unpaired) electrons. The lowest BCUT2D eigenvalue weighted by molar-refractivity contribution is -0.133. The number of benzene rings is 1. The number of amides is 1. The topological polar surface area (TPSA) is 37.4 Å². The third kappa shape index (κ3) is 1.31. The second kappa shape index (κ2) is 3.25. The Balaban J connectivity index is 2.37. The highest BCUT2D eigenvalue weighted by atomic mass is 16.2. The highest BCUT2D eigenvalue weighted by Gasteiger charge is 2.30. The minimum atomic E-state index is -0.376. The molecule has 0 spiro atoms. The van der Waals surface area contributed by atoms with Crippen LogP contribution in [0.4, 0.5) is 5.69 Å². The first-order valence-corrected chi connectivity index (χ1v) is 4.60. The molecule has 1 aliphatic heterocycles. The molecule has 1 saturated heterocycles. The zero-order valence-corrected chi connectivity index (χ0v) is 7.99. The van der Waals surface area contributed by atoms with E-state index >= 15 is 0 Å². The van der Waals surface area contributed by atoms with Crippen LogP contribution in [0.25, 0.3) is 0 Å². The Kier molecular flexibility index (Phi) is 2.08. The van der Waals surface area contributed by atoms with Crippen LogP contribution in [0.15, 0.2) is 24.3 Å². The standard InChI is InChI=1S/C11H11NO2/c1-8-4-2-3-5-9(8)12-7-6-10(13)11(12)14/h2-5H,6-7H2,1H3. The molecule has 0 unspecified atom stereocenters. The molecular weight excluding hydrogens is 178 g/mol. The SMILES string of the molecule is Cc1ccccc1N1CCC(=O)C1=O. The van der Waals surface area contributed by atoms with E-state index in [1.165, 1.54) is 0 Å². The summed E-state index contributed by atoms with van der Waals surface area (Å²) in [6.45, 7) is 2.45. The van der Waals surface area contributed by atoms with Gasteiger partial charge in [0.1, 0.15) is 0 Å². The molecule has 72 valence electrons. The van der Waals surface area contributed by atoms with Gasteiger partial charge < -0.3 is 4.90 Å². The van der Waals surface area contributed by atoms with Crippen LogP contribution in [-0.2, 0) is 9.59 Å². The number of rotatable bonds is 1. The Bertz CT molecular complexity index is 398. The van der Waals surface area contributed by atoms with Gasteiger partial charge >= 0.3 is 0 Å². The molecule has 1 fully saturated rings. The van der Waals surface area contributed by atoms with Crippen molar-refractivity contribution in [3.05, 3.63) is 29.8 Å². The number of carbonyl (C=O) groups is 2. The molecule has 1 heterocycles. The van der Waals surface area contributed by atoms with E-state index in [0.29, 0.717) is 13.0 Å². The molecule has 1 aliphatic rings. The normalized spacial score (nSPS) is 16.5. The molecule has 0 bridgehead atoms. The molecule has 0 saturated carbocycles. The van der Waals surface area contributed by atoms with Crippen LogP contribution >= 0.6 is 0 Å². The van der Waals surface area contributed by atoms with Crippen molar-refractivity contribution >= 4 is 17.4 Å². The lowest BCUT2D eigenvalue weighted by atomic mass is 10.2. The van der Waals surface area contributed by atoms with Crippen molar-refractivity contribution in [1.29, 1.82) is 0 Å². The number of ketones is 1. The molecule has 0 aromatic heterocycles. The maximum absolute atomic E-state index is 11.4. The lowest BCUT2D eigenvalue weighted by Crippen LogP contribution is -2.27. The molecule has 14 heavy (non-hydrogen) atoms. The Morgan fingerprint density at radius 2 is 1.93 bits per heavy atom. The number of carbonyl (C=O) groups excluding carboxylic acids is 2. The number of para-hydroxylation sites is 1.